The molecular weight excluding hydrogens is 373 g/mol. The summed E-state index contributed by atoms with van der Waals surface area (Å²) in [5.41, 5.74) is -1.52. The molecule has 1 aliphatic heterocycles. The van der Waals surface area contributed by atoms with Crippen LogP contribution in [0.4, 0.5) is 13.2 Å². The van der Waals surface area contributed by atoms with Gasteiger partial charge in [-0.1, -0.05) is 12.1 Å². The summed E-state index contributed by atoms with van der Waals surface area (Å²) < 4.78 is 42.7. The Hall–Kier alpha value is -2.58. The molecule has 0 N–H and O–H groups in total. The minimum atomic E-state index is -4.60. The van der Waals surface area contributed by atoms with Crippen molar-refractivity contribution >= 4 is 5.91 Å². The molecule has 1 aliphatic rings. The predicted octanol–water partition coefficient (Wildman–Crippen LogP) is 3.20. The van der Waals surface area contributed by atoms with Crippen molar-refractivity contribution in [3.63, 3.8) is 0 Å². The van der Waals surface area contributed by atoms with Gasteiger partial charge in [0.05, 0.1) is 11.1 Å². The molecule has 28 heavy (non-hydrogen) atoms. The molecule has 2 aromatic rings. The number of carbonyl (C=O) groups excluding carboxylic acids is 1. The number of amides is 1. The number of likely N-dealkylation sites (tertiary alicyclic amines) is 1. The smallest absolute Gasteiger partial charge is 0.338 e. The van der Waals surface area contributed by atoms with E-state index < -0.39 is 17.6 Å². The van der Waals surface area contributed by atoms with E-state index in [0.29, 0.717) is 25.2 Å². The summed E-state index contributed by atoms with van der Waals surface area (Å²) >= 11 is 0. The fourth-order valence-electron chi connectivity index (χ4n) is 3.72. The van der Waals surface area contributed by atoms with Crippen LogP contribution in [0, 0.1) is 0 Å². The molecule has 2 heterocycles. The quantitative estimate of drug-likeness (QED) is 0.801. The molecule has 1 aromatic heterocycles. The van der Waals surface area contributed by atoms with E-state index in [4.69, 9.17) is 0 Å². The molecule has 1 saturated heterocycles. The molecule has 1 amide bonds. The number of hydrogen-bond donors (Lipinski definition) is 0. The van der Waals surface area contributed by atoms with Gasteiger partial charge in [0, 0.05) is 32.1 Å². The van der Waals surface area contributed by atoms with E-state index in [2.05, 4.69) is 5.10 Å². The Labute approximate surface area is 160 Å². The van der Waals surface area contributed by atoms with Gasteiger partial charge in [-0.15, -0.1) is 0 Å². The van der Waals surface area contributed by atoms with E-state index in [1.807, 2.05) is 13.8 Å². The van der Waals surface area contributed by atoms with Gasteiger partial charge in [-0.2, -0.15) is 18.3 Å². The van der Waals surface area contributed by atoms with E-state index in [0.717, 1.165) is 6.07 Å². The normalized spacial score (nSPS) is 18.0. The van der Waals surface area contributed by atoms with Crippen molar-refractivity contribution in [2.75, 3.05) is 13.1 Å². The molecular formula is C19H23F3N4O2. The second-order valence-corrected chi connectivity index (χ2v) is 7.36. The Morgan fingerprint density at radius 1 is 1.25 bits per heavy atom. The molecule has 1 fully saturated rings. The standard InChI is InChI=1S/C19H23F3N4O2/c1-12(2)26-16(23-24(3)18(26)28)13-7-6-10-25(11-13)17(27)14-8-4-5-9-15(14)19(20,21)22/h4-5,8-9,12-13H,6-7,10-11H2,1-3H3. The summed E-state index contributed by atoms with van der Waals surface area (Å²) in [5, 5.41) is 4.33. The highest BCUT2D eigenvalue weighted by molar-refractivity contribution is 5.96. The first-order valence-corrected chi connectivity index (χ1v) is 9.22. The molecule has 1 unspecified atom stereocenters. The molecule has 0 radical (unpaired) electrons. The van der Waals surface area contributed by atoms with Crippen molar-refractivity contribution < 1.29 is 18.0 Å². The molecule has 1 atom stereocenters. The van der Waals surface area contributed by atoms with Gasteiger partial charge in [-0.3, -0.25) is 9.36 Å². The molecule has 0 bridgehead atoms. The SMILES string of the molecule is CC(C)n1c(C2CCCN(C(=O)c3ccccc3C(F)(F)F)C2)nn(C)c1=O. The molecule has 9 heteroatoms. The first-order chi connectivity index (χ1) is 13.1. The topological polar surface area (TPSA) is 60.1 Å². The van der Waals surface area contributed by atoms with Crippen molar-refractivity contribution in [1.29, 1.82) is 0 Å². The lowest BCUT2D eigenvalue weighted by molar-refractivity contribution is -0.138. The van der Waals surface area contributed by atoms with Gasteiger partial charge in [0.2, 0.25) is 0 Å². The van der Waals surface area contributed by atoms with Crippen LogP contribution in [0.5, 0.6) is 0 Å². The number of carbonyl (C=O) groups is 1. The number of nitrogens with zero attached hydrogens (tertiary/aromatic N) is 4. The third kappa shape index (κ3) is 3.70. The van der Waals surface area contributed by atoms with Crippen LogP contribution < -0.4 is 5.69 Å². The minimum absolute atomic E-state index is 0.103. The number of hydrogen-bond acceptors (Lipinski definition) is 3. The van der Waals surface area contributed by atoms with E-state index in [9.17, 15) is 22.8 Å². The molecule has 0 spiro atoms. The highest BCUT2D eigenvalue weighted by Crippen LogP contribution is 2.34. The number of rotatable bonds is 3. The van der Waals surface area contributed by atoms with Gasteiger partial charge in [-0.25, -0.2) is 9.48 Å². The zero-order valence-electron chi connectivity index (χ0n) is 16.0. The average Bonchev–Trinajstić information content (AvgIpc) is 2.95. The largest absolute Gasteiger partial charge is 0.417 e. The van der Waals surface area contributed by atoms with Crippen LogP contribution in [-0.4, -0.2) is 38.2 Å². The molecule has 152 valence electrons. The van der Waals surface area contributed by atoms with Gasteiger partial charge in [0.15, 0.2) is 0 Å². The van der Waals surface area contributed by atoms with Crippen LogP contribution in [0.25, 0.3) is 0 Å². The maximum atomic E-state index is 13.3. The Kier molecular flexibility index (Phi) is 5.36. The van der Waals surface area contributed by atoms with Crippen LogP contribution in [0.1, 0.15) is 60.4 Å². The maximum Gasteiger partial charge on any atom is 0.417 e. The van der Waals surface area contributed by atoms with E-state index in [1.54, 1.807) is 11.6 Å². The number of benzene rings is 1. The van der Waals surface area contributed by atoms with Gasteiger partial charge in [0.1, 0.15) is 5.82 Å². The average molecular weight is 396 g/mol. The van der Waals surface area contributed by atoms with Gasteiger partial charge in [0.25, 0.3) is 5.91 Å². The summed E-state index contributed by atoms with van der Waals surface area (Å²) in [6.07, 6.45) is -3.25. The Morgan fingerprint density at radius 3 is 2.57 bits per heavy atom. The number of piperidine rings is 1. The summed E-state index contributed by atoms with van der Waals surface area (Å²) in [6, 6.07) is 4.73. The predicted molar refractivity (Wildman–Crippen MR) is 97.2 cm³/mol. The Morgan fingerprint density at radius 2 is 1.93 bits per heavy atom. The second kappa shape index (κ2) is 7.44. The molecule has 0 aliphatic carbocycles. The third-order valence-corrected chi connectivity index (χ3v) is 5.04. The van der Waals surface area contributed by atoms with Crippen molar-refractivity contribution in [3.8, 4) is 0 Å². The Balaban J connectivity index is 1.91. The van der Waals surface area contributed by atoms with Gasteiger partial charge in [-0.05, 0) is 38.8 Å². The van der Waals surface area contributed by atoms with E-state index in [-0.39, 0.29) is 29.8 Å². The lowest BCUT2D eigenvalue weighted by Crippen LogP contribution is -2.41. The highest BCUT2D eigenvalue weighted by Gasteiger charge is 2.37. The Bertz CT molecular complexity index is 930. The molecule has 3 rings (SSSR count). The van der Waals surface area contributed by atoms with Crippen LogP contribution in [0.15, 0.2) is 29.1 Å². The van der Waals surface area contributed by atoms with Gasteiger partial charge < -0.3 is 4.90 Å². The number of aryl methyl sites for hydroxylation is 1. The van der Waals surface area contributed by atoms with Crippen LogP contribution in [0.2, 0.25) is 0 Å². The van der Waals surface area contributed by atoms with Crippen molar-refractivity contribution in [3.05, 3.63) is 51.7 Å². The lowest BCUT2D eigenvalue weighted by Gasteiger charge is -2.33. The molecule has 1 aromatic carbocycles. The molecule has 6 nitrogen and oxygen atoms in total. The summed E-state index contributed by atoms with van der Waals surface area (Å²) in [6.45, 7) is 4.35. The van der Waals surface area contributed by atoms with Crippen molar-refractivity contribution in [2.24, 2.45) is 7.05 Å². The van der Waals surface area contributed by atoms with Crippen molar-refractivity contribution in [2.45, 2.75) is 44.8 Å². The number of halogens is 3. The second-order valence-electron chi connectivity index (χ2n) is 7.36. The van der Waals surface area contributed by atoms with Crippen LogP contribution >= 0.6 is 0 Å². The first-order valence-electron chi connectivity index (χ1n) is 9.22. The third-order valence-electron chi connectivity index (χ3n) is 5.04. The number of alkyl halides is 3. The fourth-order valence-corrected chi connectivity index (χ4v) is 3.72. The zero-order chi connectivity index (χ0) is 20.6. The van der Waals surface area contributed by atoms with Gasteiger partial charge >= 0.3 is 11.9 Å². The summed E-state index contributed by atoms with van der Waals surface area (Å²) in [7, 11) is 1.57. The lowest BCUT2D eigenvalue weighted by atomic mass is 9.95. The van der Waals surface area contributed by atoms with E-state index in [1.165, 1.54) is 27.8 Å². The van der Waals surface area contributed by atoms with Crippen molar-refractivity contribution in [1.82, 2.24) is 19.2 Å². The summed E-state index contributed by atoms with van der Waals surface area (Å²) in [5.74, 6) is -0.275. The first kappa shape index (κ1) is 20.2. The number of aromatic nitrogens is 3. The maximum absolute atomic E-state index is 13.3. The summed E-state index contributed by atoms with van der Waals surface area (Å²) in [4.78, 5) is 26.6. The molecule has 0 saturated carbocycles. The van der Waals surface area contributed by atoms with Crippen LogP contribution in [-0.2, 0) is 13.2 Å². The highest BCUT2D eigenvalue weighted by atomic mass is 19.4. The van der Waals surface area contributed by atoms with Crippen LogP contribution in [0.3, 0.4) is 0 Å². The fraction of sp³-hybridized carbons (Fsp3) is 0.526. The monoisotopic (exact) mass is 396 g/mol. The van der Waals surface area contributed by atoms with E-state index >= 15 is 0 Å². The minimum Gasteiger partial charge on any atom is -0.338 e. The zero-order valence-corrected chi connectivity index (χ0v) is 16.0.